The number of Topliss-reactive ketones (excluding diaryl/α,β-unsaturated/α-hetero) is 1. The van der Waals surface area contributed by atoms with Crippen molar-refractivity contribution in [3.05, 3.63) is 29.6 Å². The highest BCUT2D eigenvalue weighted by Gasteiger charge is 2.19. The number of carbonyl (C=O) groups excluding carboxylic acids is 1. The van der Waals surface area contributed by atoms with Crippen molar-refractivity contribution in [2.75, 3.05) is 6.61 Å². The van der Waals surface area contributed by atoms with E-state index in [4.69, 9.17) is 9.84 Å². The molecule has 4 heteroatoms. The molecule has 1 aromatic rings. The van der Waals surface area contributed by atoms with Gasteiger partial charge in [-0.2, -0.15) is 0 Å². The van der Waals surface area contributed by atoms with Gasteiger partial charge in [0.1, 0.15) is 11.6 Å². The molecule has 0 fully saturated rings. The lowest BCUT2D eigenvalue weighted by Crippen LogP contribution is -2.16. The molecule has 0 heterocycles. The molecule has 1 rings (SSSR count). The monoisotopic (exact) mass is 254 g/mol. The van der Waals surface area contributed by atoms with Crippen molar-refractivity contribution >= 4 is 5.78 Å². The van der Waals surface area contributed by atoms with Gasteiger partial charge in [-0.15, -0.1) is 0 Å². The highest BCUT2D eigenvalue weighted by atomic mass is 19.1. The Morgan fingerprint density at radius 1 is 1.39 bits per heavy atom. The highest BCUT2D eigenvalue weighted by molar-refractivity contribution is 5.97. The maximum atomic E-state index is 13.5. The number of carbonyl (C=O) groups is 1. The van der Waals surface area contributed by atoms with E-state index in [9.17, 15) is 9.18 Å². The van der Waals surface area contributed by atoms with Crippen LogP contribution in [0.15, 0.2) is 18.2 Å². The van der Waals surface area contributed by atoms with E-state index >= 15 is 0 Å². The summed E-state index contributed by atoms with van der Waals surface area (Å²) in [7, 11) is 0. The lowest BCUT2D eigenvalue weighted by Gasteiger charge is -2.13. The van der Waals surface area contributed by atoms with Crippen molar-refractivity contribution in [2.45, 2.75) is 33.3 Å². The summed E-state index contributed by atoms with van der Waals surface area (Å²) in [5.41, 5.74) is 0.0184. The average Bonchev–Trinajstić information content (AvgIpc) is 2.27. The molecule has 100 valence electrons. The van der Waals surface area contributed by atoms with Crippen LogP contribution < -0.4 is 0 Å². The first-order valence-corrected chi connectivity index (χ1v) is 6.06. The molecule has 1 unspecified atom stereocenters. The number of rotatable bonds is 6. The number of halogens is 1. The maximum absolute atomic E-state index is 13.5. The largest absolute Gasteiger partial charge is 0.508 e. The number of phenolic OH excluding ortho intramolecular Hbond substituents is 1. The van der Waals surface area contributed by atoms with Crippen molar-refractivity contribution in [2.24, 2.45) is 5.92 Å². The van der Waals surface area contributed by atoms with Crippen LogP contribution in [-0.4, -0.2) is 23.6 Å². The number of phenols is 1. The van der Waals surface area contributed by atoms with Crippen LogP contribution in [0.1, 0.15) is 37.6 Å². The van der Waals surface area contributed by atoms with E-state index < -0.39 is 5.82 Å². The second-order valence-corrected chi connectivity index (χ2v) is 4.64. The second kappa shape index (κ2) is 6.50. The number of ketones is 1. The summed E-state index contributed by atoms with van der Waals surface area (Å²) in [5.74, 6) is -1.43. The van der Waals surface area contributed by atoms with E-state index in [1.807, 2.05) is 13.8 Å². The van der Waals surface area contributed by atoms with Crippen molar-refractivity contribution < 1.29 is 19.0 Å². The molecule has 1 aromatic carbocycles. The van der Waals surface area contributed by atoms with Crippen LogP contribution >= 0.6 is 0 Å². The molecule has 0 bridgehead atoms. The van der Waals surface area contributed by atoms with Gasteiger partial charge in [-0.3, -0.25) is 4.79 Å². The normalized spacial score (nSPS) is 12.7. The Kier molecular flexibility index (Phi) is 5.28. The van der Waals surface area contributed by atoms with Gasteiger partial charge in [-0.05, 0) is 32.4 Å². The smallest absolute Gasteiger partial charge is 0.168 e. The van der Waals surface area contributed by atoms with E-state index in [1.54, 1.807) is 6.92 Å². The fraction of sp³-hybridized carbons (Fsp3) is 0.500. The van der Waals surface area contributed by atoms with Gasteiger partial charge in [0.2, 0.25) is 0 Å². The van der Waals surface area contributed by atoms with Crippen LogP contribution in [0.2, 0.25) is 0 Å². The predicted octanol–water partition coefficient (Wildman–Crippen LogP) is 3.17. The molecule has 0 aromatic heterocycles. The van der Waals surface area contributed by atoms with Crippen molar-refractivity contribution in [1.82, 2.24) is 0 Å². The van der Waals surface area contributed by atoms with Gasteiger partial charge in [0.25, 0.3) is 0 Å². The summed E-state index contributed by atoms with van der Waals surface area (Å²) < 4.78 is 18.9. The molecule has 0 aliphatic heterocycles. The highest BCUT2D eigenvalue weighted by Crippen LogP contribution is 2.19. The molecule has 0 aliphatic rings. The first kappa shape index (κ1) is 14.6. The Morgan fingerprint density at radius 3 is 2.61 bits per heavy atom. The second-order valence-electron chi connectivity index (χ2n) is 4.64. The Morgan fingerprint density at radius 2 is 2.06 bits per heavy atom. The van der Waals surface area contributed by atoms with E-state index in [1.165, 1.54) is 12.1 Å². The fourth-order valence-corrected chi connectivity index (χ4v) is 1.58. The van der Waals surface area contributed by atoms with Crippen LogP contribution in [0.25, 0.3) is 0 Å². The lowest BCUT2D eigenvalue weighted by molar-refractivity contribution is 0.0639. The van der Waals surface area contributed by atoms with Crippen LogP contribution in [-0.2, 0) is 4.74 Å². The van der Waals surface area contributed by atoms with Crippen LogP contribution in [0.3, 0.4) is 0 Å². The summed E-state index contributed by atoms with van der Waals surface area (Å²) in [6, 6.07) is 3.57. The molecule has 0 spiro atoms. The third-order valence-electron chi connectivity index (χ3n) is 2.67. The third kappa shape index (κ3) is 4.11. The summed E-state index contributed by atoms with van der Waals surface area (Å²) in [6.45, 7) is 6.07. The van der Waals surface area contributed by atoms with Crippen molar-refractivity contribution in [3.8, 4) is 5.75 Å². The molecule has 1 atom stereocenters. The minimum atomic E-state index is -0.684. The van der Waals surface area contributed by atoms with E-state index in [2.05, 4.69) is 0 Å². The molecule has 18 heavy (non-hydrogen) atoms. The SMILES string of the molecule is CC(C)OCCC(C)C(=O)c1ccc(O)cc1F. The Labute approximate surface area is 107 Å². The van der Waals surface area contributed by atoms with Gasteiger partial charge in [0.05, 0.1) is 11.7 Å². The predicted molar refractivity (Wildman–Crippen MR) is 67.3 cm³/mol. The van der Waals surface area contributed by atoms with Gasteiger partial charge in [-0.25, -0.2) is 4.39 Å². The first-order valence-electron chi connectivity index (χ1n) is 6.06. The van der Waals surface area contributed by atoms with E-state index in [0.717, 1.165) is 6.07 Å². The first-order chi connectivity index (χ1) is 8.41. The minimum absolute atomic E-state index is 0.0184. The van der Waals surface area contributed by atoms with Crippen LogP contribution in [0.4, 0.5) is 4.39 Å². The summed E-state index contributed by atoms with van der Waals surface area (Å²) in [6.07, 6.45) is 0.676. The molecule has 0 saturated heterocycles. The van der Waals surface area contributed by atoms with Crippen LogP contribution in [0, 0.1) is 11.7 Å². The summed E-state index contributed by atoms with van der Waals surface area (Å²) >= 11 is 0. The molecule has 3 nitrogen and oxygen atoms in total. The lowest BCUT2D eigenvalue weighted by atomic mass is 9.96. The van der Waals surface area contributed by atoms with Gasteiger partial charge < -0.3 is 9.84 Å². The molecule has 0 radical (unpaired) electrons. The standard InChI is InChI=1S/C14H19FO3/c1-9(2)18-7-6-10(3)14(17)12-5-4-11(16)8-13(12)15/h4-5,8-10,16H,6-7H2,1-3H3. The third-order valence-corrected chi connectivity index (χ3v) is 2.67. The molecule has 0 aliphatic carbocycles. The zero-order valence-electron chi connectivity index (χ0n) is 10.9. The Hall–Kier alpha value is -1.42. The zero-order chi connectivity index (χ0) is 13.7. The fourth-order valence-electron chi connectivity index (χ4n) is 1.58. The Balaban J connectivity index is 2.63. The number of ether oxygens (including phenoxy) is 1. The summed E-state index contributed by atoms with van der Waals surface area (Å²) in [5, 5.41) is 9.09. The zero-order valence-corrected chi connectivity index (χ0v) is 10.9. The number of benzene rings is 1. The number of aromatic hydroxyl groups is 1. The quantitative estimate of drug-likeness (QED) is 0.793. The maximum Gasteiger partial charge on any atom is 0.168 e. The number of hydrogen-bond acceptors (Lipinski definition) is 3. The minimum Gasteiger partial charge on any atom is -0.508 e. The molecule has 0 amide bonds. The average molecular weight is 254 g/mol. The van der Waals surface area contributed by atoms with Crippen LogP contribution in [0.5, 0.6) is 5.75 Å². The van der Waals surface area contributed by atoms with Crippen molar-refractivity contribution in [3.63, 3.8) is 0 Å². The molecule has 0 saturated carbocycles. The molecular formula is C14H19FO3. The van der Waals surface area contributed by atoms with E-state index in [-0.39, 0.29) is 29.1 Å². The Bertz CT molecular complexity index is 416. The summed E-state index contributed by atoms with van der Waals surface area (Å²) in [4.78, 5) is 12.0. The number of hydrogen-bond donors (Lipinski definition) is 1. The van der Waals surface area contributed by atoms with Gasteiger partial charge in [0.15, 0.2) is 5.78 Å². The van der Waals surface area contributed by atoms with Gasteiger partial charge >= 0.3 is 0 Å². The van der Waals surface area contributed by atoms with Gasteiger partial charge in [-0.1, -0.05) is 6.92 Å². The topological polar surface area (TPSA) is 46.5 Å². The molecule has 1 N–H and O–H groups in total. The van der Waals surface area contributed by atoms with Gasteiger partial charge in [0, 0.05) is 18.6 Å². The molecular weight excluding hydrogens is 235 g/mol. The van der Waals surface area contributed by atoms with Crippen molar-refractivity contribution in [1.29, 1.82) is 0 Å². The van der Waals surface area contributed by atoms with E-state index in [0.29, 0.717) is 13.0 Å².